The maximum atomic E-state index is 12.8. The summed E-state index contributed by atoms with van der Waals surface area (Å²) in [5.41, 5.74) is 2.28. The molecule has 0 aliphatic heterocycles. The number of hydrogen-bond acceptors (Lipinski definition) is 5. The van der Waals surface area contributed by atoms with Gasteiger partial charge < -0.3 is 10.1 Å². The molecule has 4 rings (SSSR count). The van der Waals surface area contributed by atoms with Gasteiger partial charge in [0.25, 0.3) is 5.56 Å². The molecule has 2 heterocycles. The van der Waals surface area contributed by atoms with Crippen LogP contribution in [0.4, 0.5) is 0 Å². The number of amides is 1. The zero-order valence-electron chi connectivity index (χ0n) is 16.8. The Kier molecular flexibility index (Phi) is 5.99. The lowest BCUT2D eigenvalue weighted by Crippen LogP contribution is -2.34. The second-order valence-corrected chi connectivity index (χ2v) is 7.25. The Morgan fingerprint density at radius 1 is 1.16 bits per heavy atom. The van der Waals surface area contributed by atoms with Crippen LogP contribution < -0.4 is 15.6 Å². The van der Waals surface area contributed by atoms with Crippen molar-refractivity contribution in [3.63, 3.8) is 0 Å². The smallest absolute Gasteiger partial charge is 0.293 e. The van der Waals surface area contributed by atoms with E-state index in [1.165, 1.54) is 10.8 Å². The van der Waals surface area contributed by atoms with E-state index in [9.17, 15) is 9.59 Å². The van der Waals surface area contributed by atoms with E-state index in [4.69, 9.17) is 16.3 Å². The van der Waals surface area contributed by atoms with Crippen LogP contribution in [-0.2, 0) is 17.9 Å². The SMILES string of the molecule is CCOc1ccc(-c2cc3c(=O)n(CC(=O)NCc4cccc(Cl)c4)ncn3n2)cc1. The van der Waals surface area contributed by atoms with Crippen LogP contribution in [0.1, 0.15) is 12.5 Å². The monoisotopic (exact) mass is 437 g/mol. The third-order valence-corrected chi connectivity index (χ3v) is 4.86. The molecule has 0 atom stereocenters. The lowest BCUT2D eigenvalue weighted by atomic mass is 10.1. The molecule has 2 aromatic carbocycles. The number of aromatic nitrogens is 4. The fourth-order valence-electron chi connectivity index (χ4n) is 3.12. The third kappa shape index (κ3) is 4.75. The number of carbonyl (C=O) groups excluding carboxylic acids is 1. The first-order valence-electron chi connectivity index (χ1n) is 9.73. The topological polar surface area (TPSA) is 90.5 Å². The number of fused-ring (bicyclic) bond motifs is 1. The molecular weight excluding hydrogens is 418 g/mol. The van der Waals surface area contributed by atoms with Crippen molar-refractivity contribution in [1.29, 1.82) is 0 Å². The van der Waals surface area contributed by atoms with Crippen LogP contribution in [0.25, 0.3) is 16.8 Å². The minimum Gasteiger partial charge on any atom is -0.494 e. The quantitative estimate of drug-likeness (QED) is 0.480. The van der Waals surface area contributed by atoms with Crippen molar-refractivity contribution in [3.8, 4) is 17.0 Å². The van der Waals surface area contributed by atoms with Gasteiger partial charge in [-0.1, -0.05) is 23.7 Å². The maximum Gasteiger partial charge on any atom is 0.293 e. The van der Waals surface area contributed by atoms with Crippen LogP contribution >= 0.6 is 11.6 Å². The molecule has 0 unspecified atom stereocenters. The molecule has 0 fully saturated rings. The number of nitrogens with zero attached hydrogens (tertiary/aromatic N) is 4. The van der Waals surface area contributed by atoms with Gasteiger partial charge in [0.1, 0.15) is 24.1 Å². The van der Waals surface area contributed by atoms with E-state index >= 15 is 0 Å². The first-order valence-corrected chi connectivity index (χ1v) is 10.1. The minimum absolute atomic E-state index is 0.195. The van der Waals surface area contributed by atoms with Gasteiger partial charge in [0.05, 0.1) is 12.3 Å². The van der Waals surface area contributed by atoms with Crippen LogP contribution in [-0.4, -0.2) is 31.9 Å². The molecule has 0 bridgehead atoms. The zero-order chi connectivity index (χ0) is 21.8. The molecule has 2 aromatic heterocycles. The fourth-order valence-corrected chi connectivity index (χ4v) is 3.33. The second-order valence-electron chi connectivity index (χ2n) is 6.82. The Labute approximate surface area is 183 Å². The average molecular weight is 438 g/mol. The van der Waals surface area contributed by atoms with Crippen LogP contribution in [0.5, 0.6) is 5.75 Å². The van der Waals surface area contributed by atoms with Gasteiger partial charge in [0.2, 0.25) is 5.91 Å². The molecule has 9 heteroatoms. The van der Waals surface area contributed by atoms with Crippen molar-refractivity contribution < 1.29 is 9.53 Å². The number of hydrogen-bond donors (Lipinski definition) is 1. The summed E-state index contributed by atoms with van der Waals surface area (Å²) in [5, 5.41) is 11.8. The summed E-state index contributed by atoms with van der Waals surface area (Å²) in [6.07, 6.45) is 1.42. The lowest BCUT2D eigenvalue weighted by Gasteiger charge is -2.07. The Balaban J connectivity index is 1.49. The Hall–Kier alpha value is -3.65. The minimum atomic E-state index is -0.398. The largest absolute Gasteiger partial charge is 0.494 e. The van der Waals surface area contributed by atoms with Crippen molar-refractivity contribution in [3.05, 3.63) is 81.9 Å². The van der Waals surface area contributed by atoms with E-state index in [-0.39, 0.29) is 12.5 Å². The summed E-state index contributed by atoms with van der Waals surface area (Å²) < 4.78 is 7.98. The van der Waals surface area contributed by atoms with Crippen molar-refractivity contribution in [2.24, 2.45) is 0 Å². The molecule has 0 saturated heterocycles. The number of carbonyl (C=O) groups is 1. The highest BCUT2D eigenvalue weighted by atomic mass is 35.5. The standard InChI is InChI=1S/C22H20ClN5O3/c1-2-31-18-8-6-16(7-9-18)19-11-20-22(30)27(25-14-28(20)26-19)13-21(29)24-12-15-4-3-5-17(23)10-15/h3-11,14H,2,12-13H2,1H3,(H,24,29). The van der Waals surface area contributed by atoms with Crippen LogP contribution in [0, 0.1) is 0 Å². The summed E-state index contributed by atoms with van der Waals surface area (Å²) in [6.45, 7) is 2.63. The summed E-state index contributed by atoms with van der Waals surface area (Å²) in [5.74, 6) is 0.438. The highest BCUT2D eigenvalue weighted by molar-refractivity contribution is 6.30. The summed E-state index contributed by atoms with van der Waals surface area (Å²) in [6, 6.07) is 16.3. The van der Waals surface area contributed by atoms with Gasteiger partial charge in [-0.15, -0.1) is 0 Å². The Bertz CT molecular complexity index is 1280. The molecule has 0 saturated carbocycles. The van der Waals surface area contributed by atoms with E-state index in [0.717, 1.165) is 21.6 Å². The zero-order valence-corrected chi connectivity index (χ0v) is 17.5. The van der Waals surface area contributed by atoms with Gasteiger partial charge in [0, 0.05) is 17.1 Å². The molecule has 1 amide bonds. The Morgan fingerprint density at radius 3 is 2.71 bits per heavy atom. The molecule has 31 heavy (non-hydrogen) atoms. The molecule has 0 radical (unpaired) electrons. The molecule has 0 aliphatic carbocycles. The first-order chi connectivity index (χ1) is 15.0. The van der Waals surface area contributed by atoms with Crippen molar-refractivity contribution >= 4 is 23.0 Å². The van der Waals surface area contributed by atoms with Gasteiger partial charge in [0.15, 0.2) is 0 Å². The van der Waals surface area contributed by atoms with E-state index < -0.39 is 5.56 Å². The first kappa shape index (κ1) is 20.6. The summed E-state index contributed by atoms with van der Waals surface area (Å²) >= 11 is 5.95. The van der Waals surface area contributed by atoms with Gasteiger partial charge in [-0.3, -0.25) is 9.59 Å². The number of ether oxygens (including phenoxy) is 1. The van der Waals surface area contributed by atoms with Crippen molar-refractivity contribution in [2.75, 3.05) is 6.61 Å². The van der Waals surface area contributed by atoms with E-state index in [2.05, 4.69) is 15.5 Å². The van der Waals surface area contributed by atoms with Crippen molar-refractivity contribution in [2.45, 2.75) is 20.0 Å². The molecule has 0 aliphatic rings. The number of halogens is 1. The lowest BCUT2D eigenvalue weighted by molar-refractivity contribution is -0.122. The maximum absolute atomic E-state index is 12.8. The fraction of sp³-hybridized carbons (Fsp3) is 0.182. The molecule has 4 aromatic rings. The summed E-state index contributed by atoms with van der Waals surface area (Å²) in [7, 11) is 0. The van der Waals surface area contributed by atoms with E-state index in [0.29, 0.717) is 29.4 Å². The van der Waals surface area contributed by atoms with Gasteiger partial charge in [-0.2, -0.15) is 10.2 Å². The Morgan fingerprint density at radius 2 is 1.97 bits per heavy atom. The van der Waals surface area contributed by atoms with Gasteiger partial charge in [-0.05, 0) is 55.0 Å². The molecule has 0 spiro atoms. The van der Waals surface area contributed by atoms with Gasteiger partial charge in [-0.25, -0.2) is 9.20 Å². The number of benzene rings is 2. The second kappa shape index (κ2) is 9.01. The van der Waals surface area contributed by atoms with E-state index in [1.807, 2.05) is 43.3 Å². The number of rotatable bonds is 7. The highest BCUT2D eigenvalue weighted by Gasteiger charge is 2.12. The van der Waals surface area contributed by atoms with Crippen LogP contribution in [0.2, 0.25) is 5.02 Å². The molecule has 8 nitrogen and oxygen atoms in total. The molecule has 158 valence electrons. The predicted molar refractivity (Wildman–Crippen MR) is 117 cm³/mol. The highest BCUT2D eigenvalue weighted by Crippen LogP contribution is 2.21. The van der Waals surface area contributed by atoms with Crippen molar-refractivity contribution in [1.82, 2.24) is 24.7 Å². The van der Waals surface area contributed by atoms with Crippen LogP contribution in [0.3, 0.4) is 0 Å². The molecular formula is C22H20ClN5O3. The van der Waals surface area contributed by atoms with Crippen LogP contribution in [0.15, 0.2) is 65.7 Å². The third-order valence-electron chi connectivity index (χ3n) is 4.62. The number of nitrogens with one attached hydrogen (secondary N) is 1. The normalized spacial score (nSPS) is 10.9. The summed E-state index contributed by atoms with van der Waals surface area (Å²) in [4.78, 5) is 25.1. The van der Waals surface area contributed by atoms with E-state index in [1.54, 1.807) is 18.2 Å². The average Bonchev–Trinajstić information content (AvgIpc) is 3.20. The predicted octanol–water partition coefficient (Wildman–Crippen LogP) is 2.93. The van der Waals surface area contributed by atoms with Gasteiger partial charge >= 0.3 is 0 Å². The molecule has 1 N–H and O–H groups in total.